The van der Waals surface area contributed by atoms with Crippen LogP contribution in [-0.4, -0.2) is 5.91 Å². The Hall–Kier alpha value is -0.830. The molecule has 18 heavy (non-hydrogen) atoms. The number of benzene rings is 1. The van der Waals surface area contributed by atoms with E-state index in [-0.39, 0.29) is 16.7 Å². The van der Waals surface area contributed by atoms with Crippen molar-refractivity contribution in [1.82, 2.24) is 0 Å². The number of amides is 1. The summed E-state index contributed by atoms with van der Waals surface area (Å²) in [5, 5.41) is 3.11. The molecule has 1 N–H and O–H groups in total. The molecule has 3 atom stereocenters. The smallest absolute Gasteiger partial charge is 0.227 e. The molecule has 0 radical (unpaired) electrons. The first kappa shape index (κ1) is 12.2. The number of para-hydroxylation sites is 1. The lowest BCUT2D eigenvalue weighted by Crippen LogP contribution is -2.22. The maximum absolute atomic E-state index is 12.2. The van der Waals surface area contributed by atoms with Crippen molar-refractivity contribution in [2.75, 3.05) is 5.32 Å². The van der Waals surface area contributed by atoms with Gasteiger partial charge in [-0.3, -0.25) is 4.79 Å². The Labute approximate surface area is 116 Å². The molecule has 0 heterocycles. The van der Waals surface area contributed by atoms with Crippen LogP contribution in [0.25, 0.3) is 0 Å². The van der Waals surface area contributed by atoms with E-state index in [1.807, 2.05) is 18.2 Å². The predicted molar refractivity (Wildman–Crippen MR) is 76.7 cm³/mol. The van der Waals surface area contributed by atoms with Gasteiger partial charge in [0.1, 0.15) is 0 Å². The lowest BCUT2D eigenvalue weighted by Gasteiger charge is -2.16. The van der Waals surface area contributed by atoms with Crippen molar-refractivity contribution in [3.8, 4) is 0 Å². The molecule has 1 aromatic carbocycles. The highest BCUT2D eigenvalue weighted by Crippen LogP contribution is 2.54. The van der Waals surface area contributed by atoms with Crippen molar-refractivity contribution in [3.05, 3.63) is 29.8 Å². The monoisotopic (exact) mass is 307 g/mol. The van der Waals surface area contributed by atoms with E-state index in [1.54, 1.807) is 0 Å². The number of halogens is 1. The second kappa shape index (κ2) is 4.69. The summed E-state index contributed by atoms with van der Waals surface area (Å²) in [4.78, 5) is 12.5. The fraction of sp³-hybridized carbons (Fsp3) is 0.533. The Kier molecular flexibility index (Phi) is 3.18. The molecule has 2 nitrogen and oxygen atoms in total. The molecule has 0 spiro atoms. The standard InChI is InChI=1S/C15H18BrNO/c1-9(16)13-4-2-3-5-14(13)17-15(18)12-7-10-6-11(10)8-12/h2-5,9-12H,6-8H2,1H3,(H,17,18). The van der Waals surface area contributed by atoms with E-state index in [2.05, 4.69) is 34.2 Å². The molecule has 3 heteroatoms. The number of fused-ring (bicyclic) bond motifs is 1. The van der Waals surface area contributed by atoms with Gasteiger partial charge >= 0.3 is 0 Å². The van der Waals surface area contributed by atoms with Crippen molar-refractivity contribution in [1.29, 1.82) is 0 Å². The molecule has 2 aliphatic rings. The Morgan fingerprint density at radius 2 is 1.94 bits per heavy atom. The number of carbonyl (C=O) groups is 1. The average molecular weight is 308 g/mol. The molecule has 1 aromatic rings. The van der Waals surface area contributed by atoms with E-state index in [0.717, 1.165) is 35.9 Å². The fourth-order valence-electron chi connectivity index (χ4n) is 3.12. The summed E-state index contributed by atoms with van der Waals surface area (Å²) >= 11 is 3.57. The van der Waals surface area contributed by atoms with E-state index in [1.165, 1.54) is 6.42 Å². The first-order chi connectivity index (χ1) is 8.65. The van der Waals surface area contributed by atoms with Crippen LogP contribution in [0.15, 0.2) is 24.3 Å². The summed E-state index contributed by atoms with van der Waals surface area (Å²) in [7, 11) is 0. The Bertz CT molecular complexity index is 461. The van der Waals surface area contributed by atoms with Crippen LogP contribution in [0.2, 0.25) is 0 Å². The third-order valence-corrected chi connectivity index (χ3v) is 4.75. The molecule has 1 amide bonds. The number of rotatable bonds is 3. The zero-order valence-electron chi connectivity index (χ0n) is 10.5. The van der Waals surface area contributed by atoms with Gasteiger partial charge in [0.2, 0.25) is 5.91 Å². The van der Waals surface area contributed by atoms with Crippen LogP contribution >= 0.6 is 15.9 Å². The Balaban J connectivity index is 1.70. The van der Waals surface area contributed by atoms with Gasteiger partial charge in [-0.25, -0.2) is 0 Å². The minimum atomic E-state index is 0.211. The van der Waals surface area contributed by atoms with Crippen molar-refractivity contribution in [2.45, 2.75) is 31.0 Å². The molecule has 96 valence electrons. The van der Waals surface area contributed by atoms with Gasteiger partial charge in [0.15, 0.2) is 0 Å². The minimum absolute atomic E-state index is 0.211. The molecule has 0 saturated heterocycles. The maximum atomic E-state index is 12.2. The number of carbonyl (C=O) groups excluding carboxylic acids is 1. The van der Waals surface area contributed by atoms with E-state index < -0.39 is 0 Å². The van der Waals surface area contributed by atoms with Gasteiger partial charge in [-0.2, -0.15) is 0 Å². The van der Waals surface area contributed by atoms with Gasteiger partial charge in [0.25, 0.3) is 0 Å². The van der Waals surface area contributed by atoms with Crippen molar-refractivity contribution < 1.29 is 4.79 Å². The highest BCUT2D eigenvalue weighted by molar-refractivity contribution is 9.09. The van der Waals surface area contributed by atoms with Crippen LogP contribution in [-0.2, 0) is 4.79 Å². The Morgan fingerprint density at radius 3 is 2.61 bits per heavy atom. The molecular formula is C15H18BrNO. The summed E-state index contributed by atoms with van der Waals surface area (Å²) < 4.78 is 0. The van der Waals surface area contributed by atoms with Crippen LogP contribution in [0.5, 0.6) is 0 Å². The van der Waals surface area contributed by atoms with Crippen LogP contribution in [0, 0.1) is 17.8 Å². The number of nitrogens with one attached hydrogen (secondary N) is 1. The second-order valence-electron chi connectivity index (χ2n) is 5.62. The SMILES string of the molecule is CC(Br)c1ccccc1NC(=O)C1CC2CC2C1. The summed E-state index contributed by atoms with van der Waals surface area (Å²) in [5.74, 6) is 2.16. The fourth-order valence-corrected chi connectivity index (χ4v) is 3.52. The summed E-state index contributed by atoms with van der Waals surface area (Å²) in [6.45, 7) is 2.08. The summed E-state index contributed by atoms with van der Waals surface area (Å²) in [6.07, 6.45) is 3.56. The van der Waals surface area contributed by atoms with Crippen LogP contribution in [0.4, 0.5) is 5.69 Å². The van der Waals surface area contributed by atoms with Gasteiger partial charge in [-0.1, -0.05) is 34.1 Å². The number of hydrogen-bond donors (Lipinski definition) is 1. The van der Waals surface area contributed by atoms with Gasteiger partial charge in [0, 0.05) is 16.4 Å². The Morgan fingerprint density at radius 1 is 1.28 bits per heavy atom. The third-order valence-electron chi connectivity index (χ3n) is 4.26. The first-order valence-corrected chi connectivity index (χ1v) is 7.60. The molecule has 0 aromatic heterocycles. The predicted octanol–water partition coefficient (Wildman–Crippen LogP) is 4.13. The molecular weight excluding hydrogens is 290 g/mol. The van der Waals surface area contributed by atoms with Crippen molar-refractivity contribution in [2.24, 2.45) is 17.8 Å². The van der Waals surface area contributed by atoms with E-state index in [4.69, 9.17) is 0 Å². The molecule has 2 aliphatic carbocycles. The van der Waals surface area contributed by atoms with E-state index >= 15 is 0 Å². The van der Waals surface area contributed by atoms with Gasteiger partial charge in [-0.15, -0.1) is 0 Å². The zero-order chi connectivity index (χ0) is 12.7. The van der Waals surface area contributed by atoms with Crippen molar-refractivity contribution >= 4 is 27.5 Å². The average Bonchev–Trinajstić information content (AvgIpc) is 2.96. The van der Waals surface area contributed by atoms with Gasteiger partial charge in [-0.05, 0) is 49.7 Å². The van der Waals surface area contributed by atoms with E-state index in [9.17, 15) is 4.79 Å². The lowest BCUT2D eigenvalue weighted by molar-refractivity contribution is -0.120. The first-order valence-electron chi connectivity index (χ1n) is 6.69. The second-order valence-corrected chi connectivity index (χ2v) is 6.99. The number of anilines is 1. The highest BCUT2D eigenvalue weighted by atomic mass is 79.9. The highest BCUT2D eigenvalue weighted by Gasteiger charge is 2.48. The van der Waals surface area contributed by atoms with Gasteiger partial charge in [0.05, 0.1) is 0 Å². The normalized spacial score (nSPS) is 30.7. The van der Waals surface area contributed by atoms with Crippen molar-refractivity contribution in [3.63, 3.8) is 0 Å². The molecule has 0 aliphatic heterocycles. The largest absolute Gasteiger partial charge is 0.326 e. The molecule has 0 bridgehead atoms. The summed E-state index contributed by atoms with van der Waals surface area (Å²) in [6, 6.07) is 8.02. The summed E-state index contributed by atoms with van der Waals surface area (Å²) in [5.41, 5.74) is 2.10. The molecule has 3 rings (SSSR count). The third kappa shape index (κ3) is 2.33. The molecule has 2 fully saturated rings. The zero-order valence-corrected chi connectivity index (χ0v) is 12.1. The number of alkyl halides is 1. The van der Waals surface area contributed by atoms with Crippen LogP contribution in [0.1, 0.15) is 36.6 Å². The lowest BCUT2D eigenvalue weighted by atomic mass is 10.0. The number of hydrogen-bond acceptors (Lipinski definition) is 1. The minimum Gasteiger partial charge on any atom is -0.326 e. The van der Waals surface area contributed by atoms with Gasteiger partial charge < -0.3 is 5.32 Å². The van der Waals surface area contributed by atoms with E-state index in [0.29, 0.717) is 0 Å². The molecule has 2 saturated carbocycles. The quantitative estimate of drug-likeness (QED) is 0.836. The maximum Gasteiger partial charge on any atom is 0.227 e. The van der Waals surface area contributed by atoms with Crippen LogP contribution in [0.3, 0.4) is 0 Å². The van der Waals surface area contributed by atoms with Crippen LogP contribution < -0.4 is 5.32 Å². The molecule has 3 unspecified atom stereocenters. The topological polar surface area (TPSA) is 29.1 Å².